The molecular formula is C25H30BrN3O2. The predicted octanol–water partition coefficient (Wildman–Crippen LogP) is 4.08. The van der Waals surface area contributed by atoms with Gasteiger partial charge in [-0.05, 0) is 62.1 Å². The van der Waals surface area contributed by atoms with Gasteiger partial charge in [-0.1, -0.05) is 46.3 Å². The number of hydrogen-bond donors (Lipinski definition) is 1. The van der Waals surface area contributed by atoms with E-state index in [0.717, 1.165) is 49.8 Å². The van der Waals surface area contributed by atoms with Crippen molar-refractivity contribution in [2.75, 3.05) is 26.2 Å². The lowest BCUT2D eigenvalue weighted by atomic mass is 9.94. The van der Waals surface area contributed by atoms with Crippen LogP contribution in [0.4, 0.5) is 0 Å². The molecule has 0 radical (unpaired) electrons. The van der Waals surface area contributed by atoms with Gasteiger partial charge in [-0.3, -0.25) is 14.5 Å². The smallest absolute Gasteiger partial charge is 0.253 e. The molecule has 0 aromatic heterocycles. The van der Waals surface area contributed by atoms with Crippen molar-refractivity contribution >= 4 is 27.7 Å². The van der Waals surface area contributed by atoms with Crippen molar-refractivity contribution in [2.24, 2.45) is 5.92 Å². The quantitative estimate of drug-likeness (QED) is 0.696. The van der Waals surface area contributed by atoms with Gasteiger partial charge >= 0.3 is 0 Å². The normalized spacial score (nSPS) is 20.4. The van der Waals surface area contributed by atoms with Crippen LogP contribution in [0.25, 0.3) is 0 Å². The maximum absolute atomic E-state index is 12.9. The van der Waals surface area contributed by atoms with Crippen LogP contribution >= 0.6 is 15.9 Å². The topological polar surface area (TPSA) is 52.7 Å². The second-order valence-corrected chi connectivity index (χ2v) is 9.56. The zero-order valence-electron chi connectivity index (χ0n) is 17.8. The van der Waals surface area contributed by atoms with Gasteiger partial charge in [0.15, 0.2) is 0 Å². The molecule has 0 aliphatic carbocycles. The highest BCUT2D eigenvalue weighted by atomic mass is 79.9. The Hall–Kier alpha value is -2.18. The van der Waals surface area contributed by atoms with Gasteiger partial charge in [-0.15, -0.1) is 0 Å². The molecule has 1 unspecified atom stereocenters. The fraction of sp³-hybridized carbons (Fsp3) is 0.440. The van der Waals surface area contributed by atoms with E-state index in [9.17, 15) is 9.59 Å². The lowest BCUT2D eigenvalue weighted by Crippen LogP contribution is -2.50. The molecule has 2 aliphatic rings. The number of halogens is 1. The Kier molecular flexibility index (Phi) is 7.41. The van der Waals surface area contributed by atoms with Crippen LogP contribution in [0.1, 0.15) is 41.6 Å². The first-order valence-corrected chi connectivity index (χ1v) is 12.0. The number of nitrogens with one attached hydrogen (secondary N) is 1. The highest BCUT2D eigenvalue weighted by Gasteiger charge is 2.30. The molecule has 31 heavy (non-hydrogen) atoms. The molecule has 4 rings (SSSR count). The van der Waals surface area contributed by atoms with Crippen molar-refractivity contribution in [1.82, 2.24) is 15.1 Å². The number of carbonyl (C=O) groups excluding carboxylic acids is 2. The van der Waals surface area contributed by atoms with Crippen molar-refractivity contribution in [2.45, 2.75) is 38.3 Å². The first kappa shape index (κ1) is 22.0. The summed E-state index contributed by atoms with van der Waals surface area (Å²) in [6.07, 6.45) is 3.61. The Morgan fingerprint density at radius 1 is 0.935 bits per heavy atom. The van der Waals surface area contributed by atoms with Gasteiger partial charge in [0.05, 0.1) is 0 Å². The zero-order valence-corrected chi connectivity index (χ0v) is 19.4. The summed E-state index contributed by atoms with van der Waals surface area (Å²) in [5.41, 5.74) is 2.02. The molecule has 2 saturated heterocycles. The van der Waals surface area contributed by atoms with Crippen molar-refractivity contribution in [1.29, 1.82) is 0 Å². The van der Waals surface area contributed by atoms with Crippen molar-refractivity contribution in [3.05, 3.63) is 70.2 Å². The third-order valence-corrected chi connectivity index (χ3v) is 6.87. The molecule has 2 aromatic rings. The molecule has 164 valence electrons. The van der Waals surface area contributed by atoms with E-state index < -0.39 is 0 Å². The number of piperidine rings is 2. The number of rotatable bonds is 5. The molecule has 2 heterocycles. The third kappa shape index (κ3) is 5.95. The fourth-order valence-corrected chi connectivity index (χ4v) is 4.86. The maximum atomic E-state index is 12.9. The highest BCUT2D eigenvalue weighted by molar-refractivity contribution is 9.10. The highest BCUT2D eigenvalue weighted by Crippen LogP contribution is 2.21. The van der Waals surface area contributed by atoms with Gasteiger partial charge < -0.3 is 10.2 Å². The molecule has 1 N–H and O–H groups in total. The summed E-state index contributed by atoms with van der Waals surface area (Å²) >= 11 is 3.40. The second kappa shape index (κ2) is 10.4. The average Bonchev–Trinajstić information content (AvgIpc) is 2.80. The molecule has 0 spiro atoms. The summed E-state index contributed by atoms with van der Waals surface area (Å²) in [4.78, 5) is 29.9. The minimum Gasteiger partial charge on any atom is -0.352 e. The largest absolute Gasteiger partial charge is 0.352 e. The lowest BCUT2D eigenvalue weighted by molar-refractivity contribution is -0.127. The molecule has 2 amide bonds. The third-order valence-electron chi connectivity index (χ3n) is 6.35. The van der Waals surface area contributed by atoms with Gasteiger partial charge in [0.1, 0.15) is 0 Å². The summed E-state index contributed by atoms with van der Waals surface area (Å²) in [5, 5.41) is 3.30. The van der Waals surface area contributed by atoms with Crippen LogP contribution in [0.2, 0.25) is 0 Å². The summed E-state index contributed by atoms with van der Waals surface area (Å²) in [6.45, 7) is 4.19. The van der Waals surface area contributed by atoms with Crippen molar-refractivity contribution in [3.63, 3.8) is 0 Å². The molecule has 0 saturated carbocycles. The van der Waals surface area contributed by atoms with Crippen LogP contribution in [0.5, 0.6) is 0 Å². The summed E-state index contributed by atoms with van der Waals surface area (Å²) < 4.78 is 0.962. The SMILES string of the molecule is O=C(NC1CCCN(Cc2ccccc2)C1)C1CCN(C(=O)c2ccc(Br)cc2)CC1. The Bertz CT molecular complexity index is 879. The fourth-order valence-electron chi connectivity index (χ4n) is 4.60. The van der Waals surface area contributed by atoms with Crippen LogP contribution < -0.4 is 5.32 Å². The monoisotopic (exact) mass is 483 g/mol. The van der Waals surface area contributed by atoms with E-state index >= 15 is 0 Å². The van der Waals surface area contributed by atoms with Crippen molar-refractivity contribution < 1.29 is 9.59 Å². The van der Waals surface area contributed by atoms with Gasteiger partial charge in [0.2, 0.25) is 5.91 Å². The molecule has 2 aliphatic heterocycles. The van der Waals surface area contributed by atoms with E-state index in [4.69, 9.17) is 0 Å². The first-order chi connectivity index (χ1) is 15.1. The van der Waals surface area contributed by atoms with E-state index in [0.29, 0.717) is 18.7 Å². The van der Waals surface area contributed by atoms with Crippen LogP contribution in [0.15, 0.2) is 59.1 Å². The Morgan fingerprint density at radius 2 is 1.65 bits per heavy atom. The lowest BCUT2D eigenvalue weighted by Gasteiger charge is -2.35. The number of likely N-dealkylation sites (tertiary alicyclic amines) is 2. The minimum absolute atomic E-state index is 0.00142. The molecule has 6 heteroatoms. The number of benzene rings is 2. The van der Waals surface area contributed by atoms with E-state index in [2.05, 4.69) is 50.4 Å². The molecule has 0 bridgehead atoms. The number of hydrogen-bond acceptors (Lipinski definition) is 3. The van der Waals surface area contributed by atoms with Crippen LogP contribution in [-0.2, 0) is 11.3 Å². The Labute approximate surface area is 192 Å². The first-order valence-electron chi connectivity index (χ1n) is 11.2. The Morgan fingerprint density at radius 3 is 2.35 bits per heavy atom. The second-order valence-electron chi connectivity index (χ2n) is 8.64. The number of nitrogens with zero attached hydrogens (tertiary/aromatic N) is 2. The summed E-state index contributed by atoms with van der Waals surface area (Å²) in [7, 11) is 0. The molecule has 5 nitrogen and oxygen atoms in total. The van der Waals surface area contributed by atoms with E-state index in [1.165, 1.54) is 5.56 Å². The molecule has 2 aromatic carbocycles. The van der Waals surface area contributed by atoms with Crippen LogP contribution in [-0.4, -0.2) is 53.8 Å². The van der Waals surface area contributed by atoms with Gasteiger partial charge in [-0.25, -0.2) is 0 Å². The van der Waals surface area contributed by atoms with Gasteiger partial charge in [0, 0.05) is 48.2 Å². The minimum atomic E-state index is -0.00142. The number of amides is 2. The maximum Gasteiger partial charge on any atom is 0.253 e. The van der Waals surface area contributed by atoms with Crippen molar-refractivity contribution in [3.8, 4) is 0 Å². The molecule has 2 fully saturated rings. The van der Waals surface area contributed by atoms with Gasteiger partial charge in [-0.2, -0.15) is 0 Å². The van der Waals surface area contributed by atoms with E-state index in [1.54, 1.807) is 0 Å². The summed E-state index contributed by atoms with van der Waals surface area (Å²) in [6, 6.07) is 18.2. The summed E-state index contributed by atoms with van der Waals surface area (Å²) in [5.74, 6) is 0.205. The Balaban J connectivity index is 1.24. The van der Waals surface area contributed by atoms with Gasteiger partial charge in [0.25, 0.3) is 5.91 Å². The molecule has 1 atom stereocenters. The average molecular weight is 484 g/mol. The van der Waals surface area contributed by atoms with E-state index in [-0.39, 0.29) is 23.8 Å². The van der Waals surface area contributed by atoms with Crippen LogP contribution in [0, 0.1) is 5.92 Å². The standard InChI is InChI=1S/C25H30BrN3O2/c26-22-10-8-21(9-11-22)25(31)29-15-12-20(13-16-29)24(30)27-23-7-4-14-28(18-23)17-19-5-2-1-3-6-19/h1-3,5-6,8-11,20,23H,4,7,12-18H2,(H,27,30). The van der Waals surface area contributed by atoms with Crippen LogP contribution in [0.3, 0.4) is 0 Å². The number of carbonyl (C=O) groups is 2. The van der Waals surface area contributed by atoms with E-state index in [1.807, 2.05) is 35.2 Å². The zero-order chi connectivity index (χ0) is 21.6. The molecular weight excluding hydrogens is 454 g/mol. The predicted molar refractivity (Wildman–Crippen MR) is 126 cm³/mol.